The molecule has 9 heteroatoms. The first kappa shape index (κ1) is 15.8. The topological polar surface area (TPSA) is 79.4 Å². The molecule has 6 nitrogen and oxygen atoms in total. The van der Waals surface area contributed by atoms with Gasteiger partial charge in [0.2, 0.25) is 0 Å². The first-order valence-corrected chi connectivity index (χ1v) is 8.83. The highest BCUT2D eigenvalue weighted by Gasteiger charge is 2.13. The lowest BCUT2D eigenvalue weighted by molar-refractivity contribution is 0.584. The van der Waals surface area contributed by atoms with Crippen LogP contribution in [0.15, 0.2) is 47.8 Å². The molecule has 0 aliphatic heterocycles. The van der Waals surface area contributed by atoms with Crippen LogP contribution in [0.5, 0.6) is 0 Å². The van der Waals surface area contributed by atoms with Gasteiger partial charge < -0.3 is 5.32 Å². The van der Waals surface area contributed by atoms with Gasteiger partial charge in [0.1, 0.15) is 17.5 Å². The fraction of sp³-hybridized carbons (Fsp3) is 0. The number of hydrogen-bond donors (Lipinski definition) is 2. The summed E-state index contributed by atoms with van der Waals surface area (Å²) in [5.41, 5.74) is 1.80. The summed E-state index contributed by atoms with van der Waals surface area (Å²) in [5.74, 6) is -0.247. The molecule has 2 aromatic carbocycles. The number of fused-ring (bicyclic) bond motifs is 3. The molecule has 5 aromatic rings. The van der Waals surface area contributed by atoms with Gasteiger partial charge in [0.05, 0.1) is 5.52 Å². The third kappa shape index (κ3) is 2.77. The monoisotopic (exact) mass is 380 g/mol. The molecule has 0 spiro atoms. The summed E-state index contributed by atoms with van der Waals surface area (Å²) in [6.45, 7) is 0. The largest absolute Gasteiger partial charge is 0.340 e. The highest BCUT2D eigenvalue weighted by atomic mass is 32.1. The molecule has 0 aliphatic carbocycles. The van der Waals surface area contributed by atoms with Crippen molar-refractivity contribution >= 4 is 43.8 Å². The van der Waals surface area contributed by atoms with Gasteiger partial charge in [-0.3, -0.25) is 0 Å². The fourth-order valence-corrected chi connectivity index (χ4v) is 3.92. The van der Waals surface area contributed by atoms with Crippen molar-refractivity contribution in [3.63, 3.8) is 0 Å². The molecular formula is C18H10F2N6S. The van der Waals surface area contributed by atoms with Crippen molar-refractivity contribution in [1.82, 2.24) is 25.6 Å². The number of hydrogen-bond acceptors (Lipinski definition) is 6. The zero-order valence-electron chi connectivity index (χ0n) is 13.6. The molecule has 0 saturated heterocycles. The van der Waals surface area contributed by atoms with Crippen LogP contribution < -0.4 is 5.32 Å². The van der Waals surface area contributed by atoms with Crippen LogP contribution in [-0.4, -0.2) is 25.6 Å². The van der Waals surface area contributed by atoms with Gasteiger partial charge in [-0.05, 0) is 40.1 Å². The van der Waals surface area contributed by atoms with Crippen LogP contribution >= 0.6 is 11.3 Å². The van der Waals surface area contributed by atoms with E-state index >= 15 is 0 Å². The van der Waals surface area contributed by atoms with Crippen molar-refractivity contribution in [3.8, 4) is 11.4 Å². The number of H-pyrrole nitrogens is 1. The number of nitrogens with one attached hydrogen (secondary N) is 2. The maximum absolute atomic E-state index is 13.5. The van der Waals surface area contributed by atoms with Gasteiger partial charge in [0.25, 0.3) is 0 Å². The molecule has 0 radical (unpaired) electrons. The van der Waals surface area contributed by atoms with Crippen molar-refractivity contribution in [2.24, 2.45) is 0 Å². The minimum atomic E-state index is -0.653. The normalized spacial score (nSPS) is 11.3. The smallest absolute Gasteiger partial charge is 0.179 e. The number of halogens is 2. The number of aromatic amines is 1. The van der Waals surface area contributed by atoms with Gasteiger partial charge >= 0.3 is 0 Å². The van der Waals surface area contributed by atoms with Crippen LogP contribution in [0.1, 0.15) is 0 Å². The van der Waals surface area contributed by atoms with Crippen molar-refractivity contribution in [2.75, 3.05) is 5.32 Å². The predicted molar refractivity (Wildman–Crippen MR) is 99.9 cm³/mol. The number of pyridine rings is 1. The van der Waals surface area contributed by atoms with Crippen LogP contribution in [0.25, 0.3) is 32.4 Å². The summed E-state index contributed by atoms with van der Waals surface area (Å²) >= 11 is 1.57. The molecule has 3 aromatic heterocycles. The molecule has 2 N–H and O–H groups in total. The Morgan fingerprint density at radius 3 is 2.59 bits per heavy atom. The lowest BCUT2D eigenvalue weighted by Crippen LogP contribution is -1.96. The van der Waals surface area contributed by atoms with E-state index < -0.39 is 11.6 Å². The Morgan fingerprint density at radius 2 is 1.81 bits per heavy atom. The van der Waals surface area contributed by atoms with Gasteiger partial charge in [0, 0.05) is 32.8 Å². The van der Waals surface area contributed by atoms with Crippen LogP contribution in [0.2, 0.25) is 0 Å². The van der Waals surface area contributed by atoms with E-state index in [-0.39, 0.29) is 0 Å². The Morgan fingerprint density at radius 1 is 0.963 bits per heavy atom. The van der Waals surface area contributed by atoms with E-state index in [1.165, 1.54) is 12.1 Å². The third-order valence-electron chi connectivity index (χ3n) is 4.14. The first-order chi connectivity index (χ1) is 13.2. The van der Waals surface area contributed by atoms with Crippen molar-refractivity contribution in [3.05, 3.63) is 59.5 Å². The van der Waals surface area contributed by atoms with Gasteiger partial charge in [-0.15, -0.1) is 16.4 Å². The van der Waals surface area contributed by atoms with Gasteiger partial charge in [0.15, 0.2) is 5.82 Å². The van der Waals surface area contributed by atoms with Crippen molar-refractivity contribution in [2.45, 2.75) is 0 Å². The van der Waals surface area contributed by atoms with E-state index in [9.17, 15) is 8.78 Å². The lowest BCUT2D eigenvalue weighted by Gasteiger charge is -2.10. The highest BCUT2D eigenvalue weighted by Crippen LogP contribution is 2.36. The second-order valence-electron chi connectivity index (χ2n) is 5.89. The summed E-state index contributed by atoms with van der Waals surface area (Å²) < 4.78 is 28.1. The van der Waals surface area contributed by atoms with Gasteiger partial charge in [-0.2, -0.15) is 0 Å². The molecule has 0 unspecified atom stereocenters. The van der Waals surface area contributed by atoms with Crippen LogP contribution in [-0.2, 0) is 0 Å². The van der Waals surface area contributed by atoms with Gasteiger partial charge in [-0.1, -0.05) is 12.1 Å². The summed E-state index contributed by atoms with van der Waals surface area (Å²) in [5, 5.41) is 20.7. The SMILES string of the molecule is Fc1cc(F)cc(Nc2nc3cc(-c4nnn[nH]4)ccc3c3sccc23)c1. The standard InChI is InChI=1S/C18H10F2N6S/c19-10-6-11(20)8-12(7-10)21-18-14-3-4-27-16(14)13-2-1-9(5-15(13)22-18)17-23-25-26-24-17/h1-8H,(H,21,22)(H,23,24,25,26). The number of aromatic nitrogens is 5. The molecule has 0 saturated carbocycles. The minimum Gasteiger partial charge on any atom is -0.340 e. The molecule has 0 bridgehead atoms. The molecule has 0 aliphatic rings. The minimum absolute atomic E-state index is 0.294. The maximum Gasteiger partial charge on any atom is 0.179 e. The van der Waals surface area contributed by atoms with E-state index in [2.05, 4.69) is 30.9 Å². The second-order valence-corrected chi connectivity index (χ2v) is 6.80. The summed E-state index contributed by atoms with van der Waals surface area (Å²) in [6, 6.07) is 11.0. The number of benzene rings is 2. The summed E-state index contributed by atoms with van der Waals surface area (Å²) in [4.78, 5) is 4.67. The Hall–Kier alpha value is -3.46. The molecule has 3 heterocycles. The Balaban J connectivity index is 1.69. The fourth-order valence-electron chi connectivity index (χ4n) is 2.99. The maximum atomic E-state index is 13.5. The molecular weight excluding hydrogens is 370 g/mol. The number of thiophene rings is 1. The van der Waals surface area contributed by atoms with E-state index in [1.54, 1.807) is 11.3 Å². The van der Waals surface area contributed by atoms with E-state index in [1.807, 2.05) is 29.6 Å². The molecule has 5 rings (SSSR count). The van der Waals surface area contributed by atoms with Crippen molar-refractivity contribution < 1.29 is 8.78 Å². The van der Waals surface area contributed by atoms with Gasteiger partial charge in [-0.25, -0.2) is 18.9 Å². The second kappa shape index (κ2) is 6.06. The quantitative estimate of drug-likeness (QED) is 0.476. The highest BCUT2D eigenvalue weighted by molar-refractivity contribution is 7.18. The zero-order chi connectivity index (χ0) is 18.4. The average molecular weight is 380 g/mol. The molecule has 27 heavy (non-hydrogen) atoms. The first-order valence-electron chi connectivity index (χ1n) is 7.95. The molecule has 132 valence electrons. The average Bonchev–Trinajstić information content (AvgIpc) is 3.33. The van der Waals surface area contributed by atoms with Crippen LogP contribution in [0, 0.1) is 11.6 Å². The number of nitrogens with zero attached hydrogens (tertiary/aromatic N) is 4. The number of tetrazole rings is 1. The van der Waals surface area contributed by atoms with E-state index in [4.69, 9.17) is 0 Å². The molecule has 0 fully saturated rings. The Bertz CT molecular complexity index is 1260. The third-order valence-corrected chi connectivity index (χ3v) is 5.09. The number of anilines is 2. The van der Waals surface area contributed by atoms with Crippen LogP contribution in [0.3, 0.4) is 0 Å². The van der Waals surface area contributed by atoms with Crippen molar-refractivity contribution in [1.29, 1.82) is 0 Å². The summed E-state index contributed by atoms with van der Waals surface area (Å²) in [6.07, 6.45) is 0. The van der Waals surface area contributed by atoms with E-state index in [0.29, 0.717) is 17.3 Å². The van der Waals surface area contributed by atoms with Crippen LogP contribution in [0.4, 0.5) is 20.3 Å². The Labute approximate surface area is 154 Å². The van der Waals surface area contributed by atoms with E-state index in [0.717, 1.165) is 32.6 Å². The Kier molecular flexibility index (Phi) is 3.54. The predicted octanol–water partition coefficient (Wildman–Crippen LogP) is 4.65. The zero-order valence-corrected chi connectivity index (χ0v) is 14.4. The lowest BCUT2D eigenvalue weighted by atomic mass is 10.1. The molecule has 0 amide bonds. The summed E-state index contributed by atoms with van der Waals surface area (Å²) in [7, 11) is 0. The molecule has 0 atom stereocenters. The number of rotatable bonds is 3.